The summed E-state index contributed by atoms with van der Waals surface area (Å²) in [6.45, 7) is 9.76. The van der Waals surface area contributed by atoms with Crippen molar-refractivity contribution in [2.45, 2.75) is 0 Å². The summed E-state index contributed by atoms with van der Waals surface area (Å²) in [6, 6.07) is 15.4. The molecule has 0 aliphatic carbocycles. The van der Waals surface area contributed by atoms with E-state index in [-0.39, 0.29) is 11.5 Å². The van der Waals surface area contributed by atoms with E-state index in [0.717, 1.165) is 37.6 Å². The van der Waals surface area contributed by atoms with Crippen molar-refractivity contribution in [3.05, 3.63) is 69.8 Å². The van der Waals surface area contributed by atoms with Gasteiger partial charge in [0.25, 0.3) is 0 Å². The molecule has 15 nitrogen and oxygen atoms in total. The summed E-state index contributed by atoms with van der Waals surface area (Å²) in [5.41, 5.74) is 5.79. The fourth-order valence-electron chi connectivity index (χ4n) is 5.37. The van der Waals surface area contributed by atoms with Crippen LogP contribution in [-0.2, 0) is 33.2 Å². The van der Waals surface area contributed by atoms with Crippen molar-refractivity contribution >= 4 is 95.1 Å². The summed E-state index contributed by atoms with van der Waals surface area (Å²) in [5.74, 6) is 2.76. The van der Waals surface area contributed by atoms with Gasteiger partial charge < -0.3 is 48.1 Å². The van der Waals surface area contributed by atoms with Crippen molar-refractivity contribution in [2.75, 3.05) is 116 Å². The van der Waals surface area contributed by atoms with E-state index in [1.165, 1.54) is 11.8 Å². The molecule has 5 rings (SSSR count). The fourth-order valence-corrected chi connectivity index (χ4v) is 8.44. The number of aromatic nitrogens is 4. The molecule has 3 aromatic carbocycles. The Balaban J connectivity index is 1.09. The van der Waals surface area contributed by atoms with Crippen molar-refractivity contribution in [3.63, 3.8) is 0 Å². The lowest BCUT2D eigenvalue weighted by Gasteiger charge is -2.14. The highest BCUT2D eigenvalue weighted by molar-refractivity contribution is 9.11. The van der Waals surface area contributed by atoms with Gasteiger partial charge in [0.15, 0.2) is 0 Å². The number of rotatable bonds is 32. The van der Waals surface area contributed by atoms with Crippen LogP contribution >= 0.6 is 67.1 Å². The molecule has 0 saturated heterocycles. The summed E-state index contributed by atoms with van der Waals surface area (Å²) >= 11 is 11.5. The third-order valence-electron chi connectivity index (χ3n) is 8.19. The van der Waals surface area contributed by atoms with E-state index < -0.39 is 5.97 Å². The maximum atomic E-state index is 10.5. The zero-order valence-corrected chi connectivity index (χ0v) is 39.0. The number of aliphatic hydroxyl groups excluding tert-OH is 1. The molecule has 0 aliphatic rings. The average Bonchev–Trinajstić information content (AvgIpc) is 3.77. The van der Waals surface area contributed by atoms with E-state index in [0.29, 0.717) is 149 Å². The van der Waals surface area contributed by atoms with Gasteiger partial charge in [-0.15, -0.1) is 11.8 Å². The van der Waals surface area contributed by atoms with Gasteiger partial charge in [-0.25, -0.2) is 9.97 Å². The zero-order valence-electron chi connectivity index (χ0n) is 33.4. The van der Waals surface area contributed by atoms with Gasteiger partial charge in [0.05, 0.1) is 129 Å². The third-order valence-corrected chi connectivity index (χ3v) is 12.1. The van der Waals surface area contributed by atoms with Crippen LogP contribution in [-0.4, -0.2) is 150 Å². The lowest BCUT2D eigenvalue weighted by atomic mass is 10.0. The molecule has 5 aromatic rings. The minimum Gasteiger partial charge on any atom is -0.512 e. The first kappa shape index (κ1) is 48.9. The minimum atomic E-state index is -0.824. The number of hydrogen-bond acceptors (Lipinski definition) is 17. The summed E-state index contributed by atoms with van der Waals surface area (Å²) in [7, 11) is 0. The summed E-state index contributed by atoms with van der Waals surface area (Å²) in [6.07, 6.45) is 0. The molecule has 2 N–H and O–H groups in total. The normalized spacial score (nSPS) is 11.4. The van der Waals surface area contributed by atoms with Gasteiger partial charge in [0.2, 0.25) is 0 Å². The molecule has 0 fully saturated rings. The van der Waals surface area contributed by atoms with Crippen molar-refractivity contribution in [2.24, 2.45) is 0 Å². The molecule has 0 spiro atoms. The zero-order chi connectivity index (χ0) is 43.1. The Hall–Kier alpha value is -3.15. The van der Waals surface area contributed by atoms with Gasteiger partial charge in [-0.3, -0.25) is 4.79 Å². The quantitative estimate of drug-likeness (QED) is 0.0312. The number of carboxylic acid groups (broad SMARTS) is 1. The first-order valence-corrected chi connectivity index (χ1v) is 23.9. The smallest absolute Gasteiger partial charge is 0.313 e. The van der Waals surface area contributed by atoms with Crippen molar-refractivity contribution < 1.29 is 52.9 Å². The Morgan fingerprint density at radius 1 is 0.541 bits per heavy atom. The Morgan fingerprint density at radius 2 is 0.902 bits per heavy atom. The number of carbonyl (C=O) groups is 1. The second-order valence-electron chi connectivity index (χ2n) is 12.7. The van der Waals surface area contributed by atoms with Crippen LogP contribution in [0, 0.1) is 0 Å². The number of aliphatic hydroxyl groups is 1. The Morgan fingerprint density at radius 3 is 1.28 bits per heavy atom. The minimum absolute atomic E-state index is 0.0789. The number of nitrogens with zero attached hydrogens (tertiary/aromatic N) is 4. The summed E-state index contributed by atoms with van der Waals surface area (Å²) in [4.78, 5) is 20.8. The molecule has 0 unspecified atom stereocenters. The highest BCUT2D eigenvalue weighted by Gasteiger charge is 2.21. The van der Waals surface area contributed by atoms with E-state index in [1.807, 2.05) is 48.5 Å². The predicted octanol–water partition coefficient (Wildman–Crippen LogP) is 7.97. The molecule has 0 aliphatic heterocycles. The lowest BCUT2D eigenvalue weighted by Crippen LogP contribution is -2.13. The molecule has 2 heterocycles. The standard InChI is InChI=1S/C41H48Br2N4O11S3/c1-28(48)26-59-24-22-55-16-14-51-10-12-53-18-20-57-31-6-2-29(3-7-31)36-37(45-39-35(43)41-40(46-61-47-41)34(42)38(39)44-36)30-4-8-32(9-5-30)58-21-19-54-13-11-52-15-17-56-23-25-60-27-33(49)50/h2-9,48H,1,10-27H2,(H,49,50). The second kappa shape index (κ2) is 27.8. The topological polar surface area (TPSA) is 183 Å². The molecule has 0 bridgehead atoms. The highest BCUT2D eigenvalue weighted by atomic mass is 79.9. The first-order valence-electron chi connectivity index (χ1n) is 19.3. The number of benzene rings is 3. The number of ether oxygens (including phenoxy) is 8. The van der Waals surface area contributed by atoms with Crippen LogP contribution in [0.3, 0.4) is 0 Å². The fraction of sp³-hybridized carbons (Fsp3) is 0.439. The lowest BCUT2D eigenvalue weighted by molar-refractivity contribution is -0.133. The highest BCUT2D eigenvalue weighted by Crippen LogP contribution is 2.40. The predicted molar refractivity (Wildman–Crippen MR) is 247 cm³/mol. The van der Waals surface area contributed by atoms with E-state index in [1.54, 1.807) is 11.8 Å². The Labute approximate surface area is 383 Å². The second-order valence-corrected chi connectivity index (χ2v) is 17.0. The van der Waals surface area contributed by atoms with E-state index in [9.17, 15) is 4.79 Å². The van der Waals surface area contributed by atoms with Crippen LogP contribution in [0.1, 0.15) is 0 Å². The van der Waals surface area contributed by atoms with Gasteiger partial charge in [-0.2, -0.15) is 20.5 Å². The van der Waals surface area contributed by atoms with Gasteiger partial charge in [0, 0.05) is 22.6 Å². The van der Waals surface area contributed by atoms with Crippen LogP contribution in [0.4, 0.5) is 0 Å². The number of halogens is 2. The molecular formula is C41H48Br2N4O11S3. The van der Waals surface area contributed by atoms with Gasteiger partial charge in [0.1, 0.15) is 46.8 Å². The van der Waals surface area contributed by atoms with Crippen molar-refractivity contribution in [1.82, 2.24) is 18.7 Å². The molecule has 330 valence electrons. The van der Waals surface area contributed by atoms with Gasteiger partial charge in [-0.05, 0) is 80.4 Å². The molecule has 0 radical (unpaired) electrons. The molecule has 61 heavy (non-hydrogen) atoms. The van der Waals surface area contributed by atoms with E-state index in [4.69, 9.17) is 58.1 Å². The van der Waals surface area contributed by atoms with Crippen LogP contribution in [0.2, 0.25) is 0 Å². The van der Waals surface area contributed by atoms with E-state index >= 15 is 0 Å². The van der Waals surface area contributed by atoms with Crippen molar-refractivity contribution in [3.8, 4) is 34.0 Å². The average molecular weight is 1030 g/mol. The molecule has 20 heteroatoms. The number of hydrogen-bond donors (Lipinski definition) is 2. The molecule has 0 amide bonds. The van der Waals surface area contributed by atoms with E-state index in [2.05, 4.69) is 47.2 Å². The number of carboxylic acids is 1. The maximum absolute atomic E-state index is 10.5. The Bertz CT molecular complexity index is 1960. The maximum Gasteiger partial charge on any atom is 0.313 e. The van der Waals surface area contributed by atoms with Crippen molar-refractivity contribution in [1.29, 1.82) is 0 Å². The first-order chi connectivity index (χ1) is 29.8. The summed E-state index contributed by atoms with van der Waals surface area (Å²) < 4.78 is 55.6. The third kappa shape index (κ3) is 16.8. The SMILES string of the molecule is C=C(O)CSCCOCCOCCOCCOc1ccc(-c2nc3c(Br)c4nsnc4c(Br)c3nc2-c2ccc(OCCOCCOCCOCCSCC(=O)O)cc2)cc1. The molecular weight excluding hydrogens is 980 g/mol. The van der Waals surface area contributed by atoms with Gasteiger partial charge >= 0.3 is 5.97 Å². The molecule has 0 atom stereocenters. The van der Waals surface area contributed by atoms with Crippen LogP contribution in [0.25, 0.3) is 44.6 Å². The van der Waals surface area contributed by atoms with Crippen LogP contribution in [0.15, 0.2) is 69.8 Å². The van der Waals surface area contributed by atoms with Crippen LogP contribution in [0.5, 0.6) is 11.5 Å². The van der Waals surface area contributed by atoms with Crippen LogP contribution < -0.4 is 9.47 Å². The Kier molecular flexibility index (Phi) is 22.3. The number of aliphatic carboxylic acids is 1. The largest absolute Gasteiger partial charge is 0.512 e. The van der Waals surface area contributed by atoms with Gasteiger partial charge in [-0.1, -0.05) is 6.58 Å². The molecule has 0 saturated carbocycles. The molecule has 2 aromatic heterocycles. The number of thioether (sulfide) groups is 2. The summed E-state index contributed by atoms with van der Waals surface area (Å²) in [5, 5.41) is 17.7. The number of fused-ring (bicyclic) bond motifs is 2. The monoisotopic (exact) mass is 1030 g/mol.